The SMILES string of the molecule is Nc1cc(NCCCn2ccnc2)ccc1S(N)(=O)=O. The number of hydrogen-bond acceptors (Lipinski definition) is 5. The molecule has 7 nitrogen and oxygen atoms in total. The molecular weight excluding hydrogens is 278 g/mol. The van der Waals surface area contributed by atoms with E-state index in [1.165, 1.54) is 6.07 Å². The molecule has 20 heavy (non-hydrogen) atoms. The van der Waals surface area contributed by atoms with Gasteiger partial charge in [0.2, 0.25) is 10.0 Å². The van der Waals surface area contributed by atoms with Crippen LogP contribution in [-0.4, -0.2) is 24.5 Å². The lowest BCUT2D eigenvalue weighted by atomic mass is 10.2. The molecule has 2 aromatic rings. The Morgan fingerprint density at radius 2 is 2.15 bits per heavy atom. The summed E-state index contributed by atoms with van der Waals surface area (Å²) in [5, 5.41) is 8.22. The first-order valence-electron chi connectivity index (χ1n) is 6.09. The van der Waals surface area contributed by atoms with Crippen molar-refractivity contribution in [3.63, 3.8) is 0 Å². The summed E-state index contributed by atoms with van der Waals surface area (Å²) in [6, 6.07) is 4.62. The first-order valence-corrected chi connectivity index (χ1v) is 7.63. The number of nitrogens with two attached hydrogens (primary N) is 2. The summed E-state index contributed by atoms with van der Waals surface area (Å²) < 4.78 is 24.4. The second-order valence-electron chi connectivity index (χ2n) is 4.38. The average molecular weight is 295 g/mol. The van der Waals surface area contributed by atoms with Crippen molar-refractivity contribution in [1.82, 2.24) is 9.55 Å². The highest BCUT2D eigenvalue weighted by Gasteiger charge is 2.11. The van der Waals surface area contributed by atoms with Gasteiger partial charge < -0.3 is 15.6 Å². The number of aryl methyl sites for hydroxylation is 1. The molecule has 8 heteroatoms. The molecule has 1 aromatic carbocycles. The summed E-state index contributed by atoms with van der Waals surface area (Å²) in [7, 11) is -3.77. The van der Waals surface area contributed by atoms with Gasteiger partial charge in [-0.2, -0.15) is 0 Å². The monoisotopic (exact) mass is 295 g/mol. The van der Waals surface area contributed by atoms with Crippen molar-refractivity contribution in [3.8, 4) is 0 Å². The lowest BCUT2D eigenvalue weighted by Gasteiger charge is -2.09. The van der Waals surface area contributed by atoms with Crippen molar-refractivity contribution >= 4 is 21.4 Å². The maximum atomic E-state index is 11.2. The van der Waals surface area contributed by atoms with Crippen molar-refractivity contribution in [2.45, 2.75) is 17.9 Å². The molecule has 5 N–H and O–H groups in total. The largest absolute Gasteiger partial charge is 0.398 e. The van der Waals surface area contributed by atoms with Crippen LogP contribution in [-0.2, 0) is 16.6 Å². The summed E-state index contributed by atoms with van der Waals surface area (Å²) >= 11 is 0. The van der Waals surface area contributed by atoms with Crippen LogP contribution in [0.15, 0.2) is 41.8 Å². The van der Waals surface area contributed by atoms with Crippen molar-refractivity contribution in [1.29, 1.82) is 0 Å². The van der Waals surface area contributed by atoms with Gasteiger partial charge in [-0.1, -0.05) is 0 Å². The van der Waals surface area contributed by atoms with Gasteiger partial charge in [-0.15, -0.1) is 0 Å². The van der Waals surface area contributed by atoms with E-state index in [9.17, 15) is 8.42 Å². The van der Waals surface area contributed by atoms with Gasteiger partial charge in [-0.25, -0.2) is 18.5 Å². The first kappa shape index (κ1) is 14.4. The van der Waals surface area contributed by atoms with Gasteiger partial charge in [-0.3, -0.25) is 0 Å². The Hall–Kier alpha value is -2.06. The molecule has 0 amide bonds. The molecule has 0 saturated carbocycles. The summed E-state index contributed by atoms with van der Waals surface area (Å²) in [6.07, 6.45) is 6.31. The van der Waals surface area contributed by atoms with Crippen LogP contribution < -0.4 is 16.2 Å². The number of nitrogens with zero attached hydrogens (tertiary/aromatic N) is 2. The molecule has 1 aromatic heterocycles. The van der Waals surface area contributed by atoms with Crippen LogP contribution in [0, 0.1) is 0 Å². The molecule has 0 bridgehead atoms. The van der Waals surface area contributed by atoms with Gasteiger partial charge in [0.15, 0.2) is 0 Å². The molecule has 0 aliphatic rings. The Labute approximate surface area is 117 Å². The normalized spacial score (nSPS) is 11.4. The number of imidazole rings is 1. The lowest BCUT2D eigenvalue weighted by Crippen LogP contribution is -2.14. The third kappa shape index (κ3) is 3.72. The zero-order chi connectivity index (χ0) is 14.6. The molecule has 0 spiro atoms. The minimum atomic E-state index is -3.77. The first-order chi connectivity index (χ1) is 9.47. The molecule has 0 saturated heterocycles. The van der Waals surface area contributed by atoms with E-state index < -0.39 is 10.0 Å². The number of nitrogen functional groups attached to an aromatic ring is 1. The Morgan fingerprint density at radius 3 is 2.75 bits per heavy atom. The van der Waals surface area contributed by atoms with E-state index in [-0.39, 0.29) is 10.6 Å². The fourth-order valence-corrected chi connectivity index (χ4v) is 2.48. The molecule has 0 atom stereocenters. The van der Waals surface area contributed by atoms with Crippen LogP contribution in [0.25, 0.3) is 0 Å². The van der Waals surface area contributed by atoms with E-state index in [1.807, 2.05) is 10.8 Å². The number of rotatable bonds is 6. The number of nitrogens with one attached hydrogen (secondary N) is 1. The predicted octanol–water partition coefficient (Wildman–Crippen LogP) is 0.615. The number of sulfonamides is 1. The fraction of sp³-hybridized carbons (Fsp3) is 0.250. The van der Waals surface area contributed by atoms with E-state index in [0.717, 1.165) is 25.2 Å². The van der Waals surface area contributed by atoms with E-state index in [4.69, 9.17) is 10.9 Å². The molecule has 0 aliphatic heterocycles. The molecule has 108 valence electrons. The van der Waals surface area contributed by atoms with Gasteiger partial charge in [0.05, 0.1) is 12.0 Å². The van der Waals surface area contributed by atoms with Crippen molar-refractivity contribution < 1.29 is 8.42 Å². The molecule has 0 aliphatic carbocycles. The summed E-state index contributed by atoms with van der Waals surface area (Å²) in [5.74, 6) is 0. The minimum absolute atomic E-state index is 0.0542. The summed E-state index contributed by atoms with van der Waals surface area (Å²) in [4.78, 5) is 3.91. The Bertz CT molecular complexity index is 667. The fourth-order valence-electron chi connectivity index (χ4n) is 1.83. The molecule has 0 unspecified atom stereocenters. The number of benzene rings is 1. The lowest BCUT2D eigenvalue weighted by molar-refractivity contribution is 0.598. The quantitative estimate of drug-likeness (QED) is 0.533. The van der Waals surface area contributed by atoms with Crippen LogP contribution in [0.1, 0.15) is 6.42 Å². The maximum absolute atomic E-state index is 11.2. The van der Waals surface area contributed by atoms with Gasteiger partial charge in [-0.05, 0) is 24.6 Å². The van der Waals surface area contributed by atoms with Crippen LogP contribution in [0.3, 0.4) is 0 Å². The van der Waals surface area contributed by atoms with Crippen LogP contribution in [0.2, 0.25) is 0 Å². The molecule has 0 radical (unpaired) electrons. The molecule has 0 fully saturated rings. The number of hydrogen-bond donors (Lipinski definition) is 3. The van der Waals surface area contributed by atoms with Gasteiger partial charge in [0.1, 0.15) is 4.90 Å². The topological polar surface area (TPSA) is 116 Å². The number of anilines is 2. The number of aromatic nitrogens is 2. The van der Waals surface area contributed by atoms with Crippen molar-refractivity contribution in [2.24, 2.45) is 5.14 Å². The highest BCUT2D eigenvalue weighted by Crippen LogP contribution is 2.21. The second-order valence-corrected chi connectivity index (χ2v) is 5.91. The Kier molecular flexibility index (Phi) is 4.26. The van der Waals surface area contributed by atoms with Crippen molar-refractivity contribution in [3.05, 3.63) is 36.9 Å². The molecule has 2 rings (SSSR count). The summed E-state index contributed by atoms with van der Waals surface area (Å²) in [6.45, 7) is 1.60. The third-order valence-corrected chi connectivity index (χ3v) is 3.78. The zero-order valence-corrected chi connectivity index (χ0v) is 11.7. The standard InChI is InChI=1S/C12H17N5O2S/c13-11-8-10(2-3-12(11)20(14,18)19)16-4-1-6-17-7-5-15-9-17/h2-3,5,7-9,16H,1,4,6,13H2,(H2,14,18,19). The van der Waals surface area contributed by atoms with E-state index in [1.54, 1.807) is 24.7 Å². The van der Waals surface area contributed by atoms with Gasteiger partial charge in [0, 0.05) is 31.2 Å². The zero-order valence-electron chi connectivity index (χ0n) is 10.9. The highest BCUT2D eigenvalue weighted by atomic mass is 32.2. The summed E-state index contributed by atoms with van der Waals surface area (Å²) in [5.41, 5.74) is 6.59. The molecular formula is C12H17N5O2S. The van der Waals surface area contributed by atoms with Crippen LogP contribution in [0.4, 0.5) is 11.4 Å². The maximum Gasteiger partial charge on any atom is 0.240 e. The highest BCUT2D eigenvalue weighted by molar-refractivity contribution is 7.89. The Balaban J connectivity index is 1.89. The van der Waals surface area contributed by atoms with Gasteiger partial charge >= 0.3 is 0 Å². The van der Waals surface area contributed by atoms with E-state index in [2.05, 4.69) is 10.3 Å². The smallest absolute Gasteiger partial charge is 0.240 e. The third-order valence-electron chi connectivity index (χ3n) is 2.80. The minimum Gasteiger partial charge on any atom is -0.398 e. The molecule has 1 heterocycles. The second kappa shape index (κ2) is 5.93. The number of primary sulfonamides is 1. The Morgan fingerprint density at radius 1 is 1.35 bits per heavy atom. The van der Waals surface area contributed by atoms with Gasteiger partial charge in [0.25, 0.3) is 0 Å². The van der Waals surface area contributed by atoms with E-state index in [0.29, 0.717) is 0 Å². The average Bonchev–Trinajstić information content (AvgIpc) is 2.86. The van der Waals surface area contributed by atoms with Crippen LogP contribution >= 0.6 is 0 Å². The van der Waals surface area contributed by atoms with E-state index >= 15 is 0 Å². The predicted molar refractivity (Wildman–Crippen MR) is 77.6 cm³/mol. The van der Waals surface area contributed by atoms with Crippen LogP contribution in [0.5, 0.6) is 0 Å². The van der Waals surface area contributed by atoms with Crippen molar-refractivity contribution in [2.75, 3.05) is 17.6 Å².